The zero-order chi connectivity index (χ0) is 14.1. The molecule has 1 atom stereocenters. The van der Waals surface area contributed by atoms with Gasteiger partial charge in [0.1, 0.15) is 18.2 Å². The van der Waals surface area contributed by atoms with Crippen molar-refractivity contribution in [3.8, 4) is 0 Å². The molecule has 1 aromatic rings. The Bertz CT molecular complexity index is 374. The van der Waals surface area contributed by atoms with E-state index in [-0.39, 0.29) is 6.04 Å². The quantitative estimate of drug-likeness (QED) is 0.713. The molecule has 0 aliphatic carbocycles. The Labute approximate surface area is 114 Å². The highest BCUT2D eigenvalue weighted by molar-refractivity contribution is 5.47. The Morgan fingerprint density at radius 1 is 1.16 bits per heavy atom. The number of nitrogens with zero attached hydrogens (tertiary/aromatic N) is 2. The fraction of sp³-hybridized carbons (Fsp3) is 0.692. The van der Waals surface area contributed by atoms with Crippen LogP contribution < -0.4 is 10.6 Å². The molecule has 2 N–H and O–H groups in total. The van der Waals surface area contributed by atoms with Crippen molar-refractivity contribution in [2.24, 2.45) is 0 Å². The Kier molecular flexibility index (Phi) is 7.14. The molecule has 6 nitrogen and oxygen atoms in total. The lowest BCUT2D eigenvalue weighted by molar-refractivity contribution is 0.128. The summed E-state index contributed by atoms with van der Waals surface area (Å²) < 4.78 is 10.7. The fourth-order valence-electron chi connectivity index (χ4n) is 1.55. The van der Waals surface area contributed by atoms with Crippen molar-refractivity contribution in [2.75, 3.05) is 37.5 Å². The third kappa shape index (κ3) is 5.85. The van der Waals surface area contributed by atoms with Crippen molar-refractivity contribution in [1.29, 1.82) is 0 Å². The highest BCUT2D eigenvalue weighted by Crippen LogP contribution is 2.12. The Hall–Kier alpha value is -1.40. The molecule has 19 heavy (non-hydrogen) atoms. The molecule has 1 unspecified atom stereocenters. The third-order valence-electron chi connectivity index (χ3n) is 2.43. The van der Waals surface area contributed by atoms with Crippen LogP contribution in [0, 0.1) is 0 Å². The Morgan fingerprint density at radius 3 is 2.47 bits per heavy atom. The van der Waals surface area contributed by atoms with E-state index in [2.05, 4.69) is 27.5 Å². The molecule has 0 amide bonds. The molecule has 1 aromatic heterocycles. The van der Waals surface area contributed by atoms with Crippen molar-refractivity contribution in [3.05, 3.63) is 11.9 Å². The van der Waals surface area contributed by atoms with Crippen LogP contribution in [0.1, 0.15) is 26.6 Å². The number of rotatable bonds is 9. The highest BCUT2D eigenvalue weighted by Gasteiger charge is 2.07. The summed E-state index contributed by atoms with van der Waals surface area (Å²) in [7, 11) is 1.83. The number of hydrogen-bond acceptors (Lipinski definition) is 6. The van der Waals surface area contributed by atoms with Gasteiger partial charge < -0.3 is 20.1 Å². The summed E-state index contributed by atoms with van der Waals surface area (Å²) in [5, 5.41) is 6.32. The van der Waals surface area contributed by atoms with Crippen molar-refractivity contribution >= 4 is 11.6 Å². The minimum Gasteiger partial charge on any atom is -0.380 e. The number of anilines is 2. The second-order valence-corrected chi connectivity index (χ2v) is 4.15. The maximum Gasteiger partial charge on any atom is 0.158 e. The predicted octanol–water partition coefficient (Wildman–Crippen LogP) is 1.89. The number of hydrogen-bond donors (Lipinski definition) is 2. The standard InChI is InChI=1S/C13H24N4O2/c1-5-18-8-10(3)15-12-7-11(14-4)16-13(17-12)9-19-6-2/h7,10H,5-6,8-9H2,1-4H3,(H2,14,15,16,17). The third-order valence-corrected chi connectivity index (χ3v) is 2.43. The molecule has 0 fully saturated rings. The van der Waals surface area contributed by atoms with Crippen LogP contribution in [0.4, 0.5) is 11.6 Å². The number of ether oxygens (including phenoxy) is 2. The molecule has 1 rings (SSSR count). The van der Waals surface area contributed by atoms with Gasteiger partial charge in [-0.15, -0.1) is 0 Å². The van der Waals surface area contributed by atoms with E-state index < -0.39 is 0 Å². The molecule has 0 saturated heterocycles. The van der Waals surface area contributed by atoms with E-state index in [4.69, 9.17) is 9.47 Å². The summed E-state index contributed by atoms with van der Waals surface area (Å²) >= 11 is 0. The summed E-state index contributed by atoms with van der Waals surface area (Å²) in [6, 6.07) is 2.07. The van der Waals surface area contributed by atoms with E-state index >= 15 is 0 Å². The zero-order valence-corrected chi connectivity index (χ0v) is 12.2. The average Bonchev–Trinajstić information content (AvgIpc) is 2.42. The molecule has 108 valence electrons. The summed E-state index contributed by atoms with van der Waals surface area (Å²) in [5.74, 6) is 2.22. The first-order valence-electron chi connectivity index (χ1n) is 6.67. The van der Waals surface area contributed by atoms with E-state index in [9.17, 15) is 0 Å². The maximum absolute atomic E-state index is 5.37. The predicted molar refractivity (Wildman–Crippen MR) is 76.5 cm³/mol. The lowest BCUT2D eigenvalue weighted by Gasteiger charge is -2.15. The van der Waals surface area contributed by atoms with Crippen LogP contribution >= 0.6 is 0 Å². The van der Waals surface area contributed by atoms with Crippen LogP contribution in [0.15, 0.2) is 6.07 Å². The van der Waals surface area contributed by atoms with Crippen LogP contribution in [-0.2, 0) is 16.1 Å². The number of aromatic nitrogens is 2. The van der Waals surface area contributed by atoms with Gasteiger partial charge in [-0.2, -0.15) is 0 Å². The lowest BCUT2D eigenvalue weighted by atomic mass is 10.3. The first-order chi connectivity index (χ1) is 9.19. The monoisotopic (exact) mass is 268 g/mol. The topological polar surface area (TPSA) is 68.3 Å². The van der Waals surface area contributed by atoms with E-state index in [1.807, 2.05) is 27.0 Å². The molecule has 0 saturated carbocycles. The minimum absolute atomic E-state index is 0.194. The molecular formula is C13H24N4O2. The van der Waals surface area contributed by atoms with Crippen molar-refractivity contribution in [1.82, 2.24) is 9.97 Å². The normalized spacial score (nSPS) is 12.2. The smallest absolute Gasteiger partial charge is 0.158 e. The van der Waals surface area contributed by atoms with Crippen molar-refractivity contribution in [3.63, 3.8) is 0 Å². The maximum atomic E-state index is 5.37. The van der Waals surface area contributed by atoms with Crippen LogP contribution in [0.25, 0.3) is 0 Å². The average molecular weight is 268 g/mol. The molecule has 0 bridgehead atoms. The highest BCUT2D eigenvalue weighted by atomic mass is 16.5. The SMILES string of the molecule is CCOCc1nc(NC)cc(NC(C)COCC)n1. The van der Waals surface area contributed by atoms with Crippen LogP contribution in [-0.4, -0.2) is 42.9 Å². The van der Waals surface area contributed by atoms with Gasteiger partial charge in [-0.05, 0) is 20.8 Å². The van der Waals surface area contributed by atoms with E-state index in [1.165, 1.54) is 0 Å². The van der Waals surface area contributed by atoms with Crippen molar-refractivity contribution < 1.29 is 9.47 Å². The second kappa shape index (κ2) is 8.66. The van der Waals surface area contributed by atoms with E-state index in [1.54, 1.807) is 0 Å². The van der Waals surface area contributed by atoms with Crippen molar-refractivity contribution in [2.45, 2.75) is 33.4 Å². The molecule has 0 aromatic carbocycles. The van der Waals surface area contributed by atoms with Gasteiger partial charge in [0.15, 0.2) is 5.82 Å². The molecular weight excluding hydrogens is 244 g/mol. The summed E-state index contributed by atoms with van der Waals surface area (Å²) in [5.41, 5.74) is 0. The first-order valence-corrected chi connectivity index (χ1v) is 6.67. The van der Waals surface area contributed by atoms with Gasteiger partial charge in [0.25, 0.3) is 0 Å². The second-order valence-electron chi connectivity index (χ2n) is 4.15. The lowest BCUT2D eigenvalue weighted by Crippen LogP contribution is -2.23. The Morgan fingerprint density at radius 2 is 1.84 bits per heavy atom. The van der Waals surface area contributed by atoms with Gasteiger partial charge in [0.2, 0.25) is 0 Å². The van der Waals surface area contributed by atoms with E-state index in [0.717, 1.165) is 11.6 Å². The van der Waals surface area contributed by atoms with Gasteiger partial charge >= 0.3 is 0 Å². The van der Waals surface area contributed by atoms with Gasteiger partial charge in [-0.25, -0.2) is 9.97 Å². The van der Waals surface area contributed by atoms with Gasteiger partial charge in [-0.3, -0.25) is 0 Å². The van der Waals surface area contributed by atoms with Gasteiger partial charge in [-0.1, -0.05) is 0 Å². The fourth-order valence-corrected chi connectivity index (χ4v) is 1.55. The first kappa shape index (κ1) is 15.7. The van der Waals surface area contributed by atoms with Crippen LogP contribution in [0.5, 0.6) is 0 Å². The molecule has 1 heterocycles. The molecule has 0 aliphatic heterocycles. The molecule has 0 aliphatic rings. The number of nitrogens with one attached hydrogen (secondary N) is 2. The summed E-state index contributed by atoms with van der Waals surface area (Å²) in [6.07, 6.45) is 0. The summed E-state index contributed by atoms with van der Waals surface area (Å²) in [4.78, 5) is 8.76. The van der Waals surface area contributed by atoms with Gasteiger partial charge in [0, 0.05) is 32.4 Å². The summed E-state index contributed by atoms with van der Waals surface area (Å²) in [6.45, 7) is 8.42. The molecule has 6 heteroatoms. The van der Waals surface area contributed by atoms with Crippen LogP contribution in [0.3, 0.4) is 0 Å². The molecule has 0 radical (unpaired) electrons. The molecule has 0 spiro atoms. The van der Waals surface area contributed by atoms with Crippen LogP contribution in [0.2, 0.25) is 0 Å². The Balaban J connectivity index is 2.69. The van der Waals surface area contributed by atoms with E-state index in [0.29, 0.717) is 32.3 Å². The van der Waals surface area contributed by atoms with Gasteiger partial charge in [0.05, 0.1) is 6.61 Å². The largest absolute Gasteiger partial charge is 0.380 e. The zero-order valence-electron chi connectivity index (χ0n) is 12.2. The minimum atomic E-state index is 0.194.